The molecular weight excluding hydrogens is 253 g/mol. The van der Waals surface area contributed by atoms with Crippen molar-refractivity contribution in [2.75, 3.05) is 6.61 Å². The van der Waals surface area contributed by atoms with Crippen molar-refractivity contribution in [1.29, 1.82) is 0 Å². The van der Waals surface area contributed by atoms with E-state index in [9.17, 15) is 9.18 Å². The van der Waals surface area contributed by atoms with Crippen LogP contribution in [0, 0.1) is 5.82 Å². The standard InChI is InChI=1S/C13H12FNO2S/c14-11-1-3-12(4-2-11)17-8-13(16)15-7-10-5-6-18-9-10/h1-6,9H,7-8H2,(H,15,16). The lowest BCUT2D eigenvalue weighted by molar-refractivity contribution is -0.123. The number of carbonyl (C=O) groups excluding carboxylic acids is 1. The molecule has 0 aliphatic rings. The van der Waals surface area contributed by atoms with Crippen LogP contribution in [0.1, 0.15) is 5.56 Å². The summed E-state index contributed by atoms with van der Waals surface area (Å²) in [6.07, 6.45) is 0. The number of thiophene rings is 1. The molecule has 0 spiro atoms. The minimum atomic E-state index is -0.329. The summed E-state index contributed by atoms with van der Waals surface area (Å²) in [6.45, 7) is 0.422. The smallest absolute Gasteiger partial charge is 0.258 e. The molecule has 5 heteroatoms. The molecule has 1 heterocycles. The summed E-state index contributed by atoms with van der Waals surface area (Å²) >= 11 is 1.58. The highest BCUT2D eigenvalue weighted by Gasteiger charge is 2.03. The van der Waals surface area contributed by atoms with Gasteiger partial charge in [0.05, 0.1) is 0 Å². The fourth-order valence-electron chi connectivity index (χ4n) is 1.32. The van der Waals surface area contributed by atoms with E-state index in [1.54, 1.807) is 11.3 Å². The molecule has 2 aromatic rings. The predicted molar refractivity (Wildman–Crippen MR) is 68.1 cm³/mol. The average Bonchev–Trinajstić information content (AvgIpc) is 2.89. The van der Waals surface area contributed by atoms with Gasteiger partial charge in [-0.25, -0.2) is 4.39 Å². The summed E-state index contributed by atoms with van der Waals surface area (Å²) in [5.41, 5.74) is 1.06. The van der Waals surface area contributed by atoms with Crippen LogP contribution in [0.2, 0.25) is 0 Å². The van der Waals surface area contributed by atoms with E-state index in [-0.39, 0.29) is 18.3 Å². The molecule has 18 heavy (non-hydrogen) atoms. The van der Waals surface area contributed by atoms with Gasteiger partial charge in [-0.15, -0.1) is 0 Å². The number of carbonyl (C=O) groups is 1. The summed E-state index contributed by atoms with van der Waals surface area (Å²) in [7, 11) is 0. The molecule has 0 radical (unpaired) electrons. The Kier molecular flexibility index (Phi) is 4.30. The second-order valence-electron chi connectivity index (χ2n) is 3.65. The number of hydrogen-bond acceptors (Lipinski definition) is 3. The van der Waals surface area contributed by atoms with Crippen LogP contribution in [0.25, 0.3) is 0 Å². The second-order valence-corrected chi connectivity index (χ2v) is 4.43. The first-order chi connectivity index (χ1) is 8.74. The fourth-order valence-corrected chi connectivity index (χ4v) is 1.99. The van der Waals surface area contributed by atoms with Crippen molar-refractivity contribution < 1.29 is 13.9 Å². The summed E-state index contributed by atoms with van der Waals surface area (Å²) < 4.78 is 17.8. The number of amides is 1. The summed E-state index contributed by atoms with van der Waals surface area (Å²) in [5, 5.41) is 6.66. The lowest BCUT2D eigenvalue weighted by Gasteiger charge is -2.06. The number of halogens is 1. The maximum Gasteiger partial charge on any atom is 0.258 e. The molecule has 0 saturated heterocycles. The van der Waals surface area contributed by atoms with Crippen molar-refractivity contribution in [3.05, 3.63) is 52.5 Å². The molecule has 1 amide bonds. The van der Waals surface area contributed by atoms with E-state index in [4.69, 9.17) is 4.74 Å². The Labute approximate surface area is 108 Å². The zero-order valence-corrected chi connectivity index (χ0v) is 10.4. The van der Waals surface area contributed by atoms with E-state index >= 15 is 0 Å². The summed E-state index contributed by atoms with van der Waals surface area (Å²) in [5.74, 6) is -0.0585. The van der Waals surface area contributed by atoms with E-state index < -0.39 is 0 Å². The SMILES string of the molecule is O=C(COc1ccc(F)cc1)NCc1ccsc1. The lowest BCUT2D eigenvalue weighted by Crippen LogP contribution is -2.28. The van der Waals surface area contributed by atoms with Crippen molar-refractivity contribution in [2.45, 2.75) is 6.54 Å². The van der Waals surface area contributed by atoms with E-state index in [2.05, 4.69) is 5.32 Å². The molecule has 0 aliphatic heterocycles. The van der Waals surface area contributed by atoms with Gasteiger partial charge >= 0.3 is 0 Å². The molecule has 0 aliphatic carbocycles. The lowest BCUT2D eigenvalue weighted by atomic mass is 10.3. The van der Waals surface area contributed by atoms with Gasteiger partial charge in [0.25, 0.3) is 5.91 Å². The van der Waals surface area contributed by atoms with Crippen LogP contribution in [0.4, 0.5) is 4.39 Å². The molecule has 2 rings (SSSR count). The highest BCUT2D eigenvalue weighted by atomic mass is 32.1. The van der Waals surface area contributed by atoms with Crippen LogP contribution in [-0.2, 0) is 11.3 Å². The molecule has 0 bridgehead atoms. The Bertz CT molecular complexity index is 496. The van der Waals surface area contributed by atoms with Gasteiger partial charge in [-0.1, -0.05) is 0 Å². The minimum absolute atomic E-state index is 0.0736. The van der Waals surface area contributed by atoms with Gasteiger partial charge in [-0.2, -0.15) is 11.3 Å². The van der Waals surface area contributed by atoms with Gasteiger partial charge in [-0.3, -0.25) is 4.79 Å². The Morgan fingerprint density at radius 1 is 1.28 bits per heavy atom. The van der Waals surface area contributed by atoms with Gasteiger partial charge in [0, 0.05) is 6.54 Å². The predicted octanol–water partition coefficient (Wildman–Crippen LogP) is 2.58. The van der Waals surface area contributed by atoms with Gasteiger partial charge in [-0.05, 0) is 46.7 Å². The van der Waals surface area contributed by atoms with E-state index in [1.807, 2.05) is 16.8 Å². The second kappa shape index (κ2) is 6.16. The Hall–Kier alpha value is -1.88. The highest BCUT2D eigenvalue weighted by molar-refractivity contribution is 7.07. The number of benzene rings is 1. The number of ether oxygens (including phenoxy) is 1. The Morgan fingerprint density at radius 3 is 2.72 bits per heavy atom. The van der Waals surface area contributed by atoms with E-state index in [1.165, 1.54) is 24.3 Å². The van der Waals surface area contributed by atoms with E-state index in [0.717, 1.165) is 5.56 Å². The van der Waals surface area contributed by atoms with Gasteiger partial charge in [0.15, 0.2) is 6.61 Å². The monoisotopic (exact) mass is 265 g/mol. The van der Waals surface area contributed by atoms with Crippen LogP contribution in [0.3, 0.4) is 0 Å². The van der Waals surface area contributed by atoms with Crippen molar-refractivity contribution in [2.24, 2.45) is 0 Å². The topological polar surface area (TPSA) is 38.3 Å². The molecule has 1 N–H and O–H groups in total. The molecule has 3 nitrogen and oxygen atoms in total. The first-order valence-corrected chi connectivity index (χ1v) is 6.34. The Balaban J connectivity index is 1.73. The fraction of sp³-hybridized carbons (Fsp3) is 0.154. The highest BCUT2D eigenvalue weighted by Crippen LogP contribution is 2.10. The zero-order chi connectivity index (χ0) is 12.8. The zero-order valence-electron chi connectivity index (χ0n) is 9.56. The van der Waals surface area contributed by atoms with Crippen molar-refractivity contribution in [1.82, 2.24) is 5.32 Å². The molecule has 94 valence electrons. The first-order valence-electron chi connectivity index (χ1n) is 5.40. The van der Waals surface area contributed by atoms with Crippen LogP contribution in [-0.4, -0.2) is 12.5 Å². The number of rotatable bonds is 5. The molecule has 0 saturated carbocycles. The third kappa shape index (κ3) is 3.85. The maximum absolute atomic E-state index is 12.6. The quantitative estimate of drug-likeness (QED) is 0.902. The minimum Gasteiger partial charge on any atom is -0.484 e. The first kappa shape index (κ1) is 12.6. The van der Waals surface area contributed by atoms with Gasteiger partial charge in [0.1, 0.15) is 11.6 Å². The largest absolute Gasteiger partial charge is 0.484 e. The molecule has 0 fully saturated rings. The molecular formula is C13H12FNO2S. The van der Waals surface area contributed by atoms with Gasteiger partial charge in [0.2, 0.25) is 0 Å². The number of hydrogen-bond donors (Lipinski definition) is 1. The molecule has 1 aromatic carbocycles. The summed E-state index contributed by atoms with van der Waals surface area (Å²) in [4.78, 5) is 11.5. The van der Waals surface area contributed by atoms with E-state index in [0.29, 0.717) is 12.3 Å². The van der Waals surface area contributed by atoms with Crippen molar-refractivity contribution in [3.8, 4) is 5.75 Å². The van der Waals surface area contributed by atoms with Crippen molar-refractivity contribution in [3.63, 3.8) is 0 Å². The normalized spacial score (nSPS) is 10.1. The van der Waals surface area contributed by atoms with Crippen LogP contribution in [0.15, 0.2) is 41.1 Å². The molecule has 0 atom stereocenters. The van der Waals surface area contributed by atoms with Crippen LogP contribution < -0.4 is 10.1 Å². The average molecular weight is 265 g/mol. The van der Waals surface area contributed by atoms with Crippen LogP contribution >= 0.6 is 11.3 Å². The third-order valence-electron chi connectivity index (χ3n) is 2.25. The third-order valence-corrected chi connectivity index (χ3v) is 2.99. The molecule has 1 aromatic heterocycles. The molecule has 0 unspecified atom stereocenters. The summed E-state index contributed by atoms with van der Waals surface area (Å²) in [6, 6.07) is 7.51. The van der Waals surface area contributed by atoms with Gasteiger partial charge < -0.3 is 10.1 Å². The van der Waals surface area contributed by atoms with Crippen molar-refractivity contribution >= 4 is 17.2 Å². The number of nitrogens with one attached hydrogen (secondary N) is 1. The van der Waals surface area contributed by atoms with Crippen LogP contribution in [0.5, 0.6) is 5.75 Å². The Morgan fingerprint density at radius 2 is 2.06 bits per heavy atom. The maximum atomic E-state index is 12.6.